The van der Waals surface area contributed by atoms with Crippen LogP contribution < -0.4 is 11.1 Å². The quantitative estimate of drug-likeness (QED) is 0.550. The van der Waals surface area contributed by atoms with Crippen LogP contribution in [0.25, 0.3) is 0 Å². The molecule has 0 fully saturated rings. The van der Waals surface area contributed by atoms with Gasteiger partial charge >= 0.3 is 5.97 Å². The maximum Gasteiger partial charge on any atom is 0.326 e. The zero-order valence-corrected chi connectivity index (χ0v) is 11.1. The predicted octanol–water partition coefficient (Wildman–Crippen LogP) is -0.105. The van der Waals surface area contributed by atoms with E-state index in [1.807, 2.05) is 13.8 Å². The molecule has 19 heavy (non-hydrogen) atoms. The zero-order valence-electron chi connectivity index (χ0n) is 11.1. The Labute approximate surface area is 111 Å². The third-order valence-electron chi connectivity index (χ3n) is 3.15. The fourth-order valence-electron chi connectivity index (χ4n) is 1.60. The van der Waals surface area contributed by atoms with E-state index in [1.54, 1.807) is 0 Å². The minimum Gasteiger partial charge on any atom is -0.480 e. The van der Waals surface area contributed by atoms with Gasteiger partial charge in [0.2, 0.25) is 5.91 Å². The van der Waals surface area contributed by atoms with E-state index in [2.05, 4.69) is 15.3 Å². The van der Waals surface area contributed by atoms with Crippen LogP contribution in [0, 0.1) is 5.92 Å². The van der Waals surface area contributed by atoms with Crippen molar-refractivity contribution < 1.29 is 14.7 Å². The van der Waals surface area contributed by atoms with Gasteiger partial charge in [-0.1, -0.05) is 20.3 Å². The van der Waals surface area contributed by atoms with Gasteiger partial charge in [0, 0.05) is 18.3 Å². The van der Waals surface area contributed by atoms with E-state index in [4.69, 9.17) is 10.8 Å². The fraction of sp³-hybridized carbons (Fsp3) is 0.583. The van der Waals surface area contributed by atoms with Crippen molar-refractivity contribution in [3.05, 3.63) is 18.2 Å². The number of H-pyrrole nitrogens is 1. The molecule has 1 heterocycles. The lowest BCUT2D eigenvalue weighted by Crippen LogP contribution is -2.51. The van der Waals surface area contributed by atoms with Crippen LogP contribution >= 0.6 is 0 Å². The summed E-state index contributed by atoms with van der Waals surface area (Å²) in [5, 5.41) is 11.6. The van der Waals surface area contributed by atoms with Gasteiger partial charge in [-0.25, -0.2) is 9.78 Å². The van der Waals surface area contributed by atoms with E-state index < -0.39 is 24.0 Å². The summed E-state index contributed by atoms with van der Waals surface area (Å²) in [7, 11) is 0. The highest BCUT2D eigenvalue weighted by atomic mass is 16.4. The molecule has 7 heteroatoms. The summed E-state index contributed by atoms with van der Waals surface area (Å²) < 4.78 is 0. The number of carbonyl (C=O) groups is 2. The molecule has 5 N–H and O–H groups in total. The van der Waals surface area contributed by atoms with Gasteiger partial charge in [-0.3, -0.25) is 4.79 Å². The molecular weight excluding hydrogens is 248 g/mol. The molecule has 0 aromatic carbocycles. The van der Waals surface area contributed by atoms with Crippen molar-refractivity contribution >= 4 is 11.9 Å². The molecule has 0 spiro atoms. The van der Waals surface area contributed by atoms with Crippen LogP contribution in [-0.4, -0.2) is 39.0 Å². The number of carbonyl (C=O) groups excluding carboxylic acids is 1. The Kier molecular flexibility index (Phi) is 5.50. The molecule has 0 saturated heterocycles. The third-order valence-corrected chi connectivity index (χ3v) is 3.15. The molecule has 0 bridgehead atoms. The maximum atomic E-state index is 11.9. The first kappa shape index (κ1) is 15.2. The van der Waals surface area contributed by atoms with Crippen molar-refractivity contribution in [2.45, 2.75) is 38.8 Å². The summed E-state index contributed by atoms with van der Waals surface area (Å²) in [4.78, 5) is 29.6. The van der Waals surface area contributed by atoms with Crippen LogP contribution in [0.2, 0.25) is 0 Å². The Hall–Kier alpha value is -1.89. The van der Waals surface area contributed by atoms with E-state index in [0.717, 1.165) is 6.42 Å². The normalized spacial score (nSPS) is 15.5. The van der Waals surface area contributed by atoms with Gasteiger partial charge in [0.15, 0.2) is 0 Å². The highest BCUT2D eigenvalue weighted by Crippen LogP contribution is 2.06. The summed E-state index contributed by atoms with van der Waals surface area (Å²) in [5.74, 6) is -1.54. The number of hydrogen-bond donors (Lipinski definition) is 4. The number of nitrogens with two attached hydrogens (primary N) is 1. The van der Waals surface area contributed by atoms with Gasteiger partial charge in [0.05, 0.1) is 12.4 Å². The average Bonchev–Trinajstić information content (AvgIpc) is 2.88. The molecule has 1 aromatic rings. The standard InChI is InChI=1S/C12H20N4O3/c1-3-7(2)10(13)11(17)16-9(12(18)19)4-8-5-14-6-15-8/h5-7,9-10H,3-4,13H2,1-2H3,(H,14,15)(H,16,17)(H,18,19)/t7-,9+,10-/m0/s1. The third kappa shape index (κ3) is 4.36. The summed E-state index contributed by atoms with van der Waals surface area (Å²) in [6.07, 6.45) is 3.89. The summed E-state index contributed by atoms with van der Waals surface area (Å²) in [6.45, 7) is 3.78. The molecule has 1 amide bonds. The van der Waals surface area contributed by atoms with Gasteiger partial charge in [0.25, 0.3) is 0 Å². The molecule has 0 aliphatic heterocycles. The van der Waals surface area contributed by atoms with Gasteiger partial charge < -0.3 is 21.1 Å². The maximum absolute atomic E-state index is 11.9. The Morgan fingerprint density at radius 2 is 2.26 bits per heavy atom. The van der Waals surface area contributed by atoms with Crippen molar-refractivity contribution in [3.63, 3.8) is 0 Å². The van der Waals surface area contributed by atoms with Gasteiger partial charge in [0.1, 0.15) is 6.04 Å². The molecule has 0 aliphatic carbocycles. The lowest BCUT2D eigenvalue weighted by molar-refractivity contribution is -0.142. The molecule has 1 rings (SSSR count). The molecule has 3 atom stereocenters. The smallest absolute Gasteiger partial charge is 0.326 e. The molecule has 106 valence electrons. The van der Waals surface area contributed by atoms with E-state index in [1.165, 1.54) is 12.5 Å². The number of aliphatic carboxylic acids is 1. The molecule has 0 aliphatic rings. The minimum atomic E-state index is -1.10. The number of nitrogens with zero attached hydrogens (tertiary/aromatic N) is 1. The van der Waals surface area contributed by atoms with Crippen LogP contribution in [-0.2, 0) is 16.0 Å². The number of nitrogens with one attached hydrogen (secondary N) is 2. The van der Waals surface area contributed by atoms with Crippen molar-refractivity contribution in [3.8, 4) is 0 Å². The number of amides is 1. The van der Waals surface area contributed by atoms with Gasteiger partial charge in [-0.05, 0) is 5.92 Å². The Morgan fingerprint density at radius 3 is 2.74 bits per heavy atom. The van der Waals surface area contributed by atoms with Crippen molar-refractivity contribution in [2.24, 2.45) is 11.7 Å². The molecular formula is C12H20N4O3. The number of imidazole rings is 1. The molecule has 0 saturated carbocycles. The van der Waals surface area contributed by atoms with E-state index in [0.29, 0.717) is 5.69 Å². The first-order chi connectivity index (χ1) is 8.95. The Morgan fingerprint density at radius 1 is 1.58 bits per heavy atom. The summed E-state index contributed by atoms with van der Waals surface area (Å²) in [6, 6.07) is -1.71. The van der Waals surface area contributed by atoms with E-state index >= 15 is 0 Å². The minimum absolute atomic E-state index is 0.00148. The summed E-state index contributed by atoms with van der Waals surface area (Å²) >= 11 is 0. The second-order valence-corrected chi connectivity index (χ2v) is 4.59. The molecule has 0 unspecified atom stereocenters. The van der Waals surface area contributed by atoms with Crippen molar-refractivity contribution in [1.82, 2.24) is 15.3 Å². The second-order valence-electron chi connectivity index (χ2n) is 4.59. The van der Waals surface area contributed by atoms with Crippen molar-refractivity contribution in [1.29, 1.82) is 0 Å². The molecule has 7 nitrogen and oxygen atoms in total. The first-order valence-corrected chi connectivity index (χ1v) is 6.21. The monoisotopic (exact) mass is 268 g/mol. The fourth-order valence-corrected chi connectivity index (χ4v) is 1.60. The lowest BCUT2D eigenvalue weighted by Gasteiger charge is -2.20. The van der Waals surface area contributed by atoms with Crippen LogP contribution in [0.15, 0.2) is 12.5 Å². The Balaban J connectivity index is 2.63. The van der Waals surface area contributed by atoms with Crippen LogP contribution in [0.3, 0.4) is 0 Å². The first-order valence-electron chi connectivity index (χ1n) is 6.21. The summed E-state index contributed by atoms with van der Waals surface area (Å²) in [5.41, 5.74) is 6.41. The number of rotatable bonds is 7. The van der Waals surface area contributed by atoms with Gasteiger partial charge in [-0.2, -0.15) is 0 Å². The SMILES string of the molecule is CC[C@H](C)[C@H](N)C(=O)N[C@H](Cc1cnc[nH]1)C(=O)O. The number of aromatic nitrogens is 2. The number of carboxylic acid groups (broad SMARTS) is 1. The second kappa shape index (κ2) is 6.89. The van der Waals surface area contributed by atoms with Crippen LogP contribution in [0.1, 0.15) is 26.0 Å². The Bertz CT molecular complexity index is 419. The number of hydrogen-bond acceptors (Lipinski definition) is 4. The van der Waals surface area contributed by atoms with E-state index in [9.17, 15) is 9.59 Å². The van der Waals surface area contributed by atoms with E-state index in [-0.39, 0.29) is 12.3 Å². The number of carboxylic acids is 1. The average molecular weight is 268 g/mol. The molecule has 0 radical (unpaired) electrons. The highest BCUT2D eigenvalue weighted by Gasteiger charge is 2.26. The zero-order chi connectivity index (χ0) is 14.4. The highest BCUT2D eigenvalue weighted by molar-refractivity contribution is 5.87. The lowest BCUT2D eigenvalue weighted by atomic mass is 9.99. The topological polar surface area (TPSA) is 121 Å². The predicted molar refractivity (Wildman–Crippen MR) is 69.3 cm³/mol. The number of aromatic amines is 1. The largest absolute Gasteiger partial charge is 0.480 e. The van der Waals surface area contributed by atoms with Crippen LogP contribution in [0.4, 0.5) is 0 Å². The van der Waals surface area contributed by atoms with Gasteiger partial charge in [-0.15, -0.1) is 0 Å². The molecule has 1 aromatic heterocycles. The van der Waals surface area contributed by atoms with Crippen molar-refractivity contribution in [2.75, 3.05) is 0 Å². The van der Waals surface area contributed by atoms with Crippen LogP contribution in [0.5, 0.6) is 0 Å².